The van der Waals surface area contributed by atoms with Gasteiger partial charge in [-0.2, -0.15) is 0 Å². The smallest absolute Gasteiger partial charge is 0.243 e. The summed E-state index contributed by atoms with van der Waals surface area (Å²) in [6.07, 6.45) is 3.92. The second-order valence-electron chi connectivity index (χ2n) is 9.04. The molecule has 2 aliphatic rings. The zero-order valence-electron chi connectivity index (χ0n) is 17.3. The summed E-state index contributed by atoms with van der Waals surface area (Å²) in [5.41, 5.74) is 1.72. The van der Waals surface area contributed by atoms with Gasteiger partial charge in [0.15, 0.2) is 0 Å². The minimum atomic E-state index is -0.388. The van der Waals surface area contributed by atoms with E-state index >= 15 is 0 Å². The zero-order valence-corrected chi connectivity index (χ0v) is 18.0. The number of carbonyl (C=O) groups excluding carboxylic acids is 2. The summed E-state index contributed by atoms with van der Waals surface area (Å²) in [6, 6.07) is 11.6. The van der Waals surface area contributed by atoms with Gasteiger partial charge in [-0.3, -0.25) is 9.59 Å². The fourth-order valence-corrected chi connectivity index (χ4v) is 4.20. The molecule has 0 unspecified atom stereocenters. The predicted molar refractivity (Wildman–Crippen MR) is 114 cm³/mol. The highest BCUT2D eigenvalue weighted by molar-refractivity contribution is 6.30. The maximum Gasteiger partial charge on any atom is 0.243 e. The number of aromatic nitrogens is 1. The molecule has 1 atom stereocenters. The second-order valence-corrected chi connectivity index (χ2v) is 9.47. The molecule has 5 nitrogen and oxygen atoms in total. The van der Waals surface area contributed by atoms with Gasteiger partial charge in [0, 0.05) is 41.5 Å². The fraction of sp³-hybridized carbons (Fsp3) is 0.478. The van der Waals surface area contributed by atoms with Gasteiger partial charge in [-0.15, -0.1) is 0 Å². The Kier molecular flexibility index (Phi) is 5.19. The number of carbonyl (C=O) groups is 2. The molecule has 2 aromatic rings. The van der Waals surface area contributed by atoms with E-state index in [1.54, 1.807) is 4.90 Å². The molecule has 154 valence electrons. The molecule has 1 aliphatic heterocycles. The molecule has 1 fully saturated rings. The summed E-state index contributed by atoms with van der Waals surface area (Å²) in [5, 5.41) is 0.673. The Labute approximate surface area is 177 Å². The molecule has 4 rings (SSSR count). The van der Waals surface area contributed by atoms with Crippen LogP contribution in [-0.4, -0.2) is 44.8 Å². The molecule has 0 saturated heterocycles. The van der Waals surface area contributed by atoms with E-state index < -0.39 is 0 Å². The molecular formula is C23H28ClN3O2. The molecule has 0 spiro atoms. The van der Waals surface area contributed by atoms with Crippen LogP contribution in [0.5, 0.6) is 0 Å². The Morgan fingerprint density at radius 1 is 1.10 bits per heavy atom. The van der Waals surface area contributed by atoms with Crippen LogP contribution in [-0.2, 0) is 16.1 Å². The van der Waals surface area contributed by atoms with E-state index in [1.165, 1.54) is 0 Å². The highest BCUT2D eigenvalue weighted by atomic mass is 35.5. The van der Waals surface area contributed by atoms with Crippen LogP contribution >= 0.6 is 11.6 Å². The number of benzene rings is 1. The van der Waals surface area contributed by atoms with Crippen molar-refractivity contribution in [1.82, 2.24) is 14.4 Å². The predicted octanol–water partition coefficient (Wildman–Crippen LogP) is 4.11. The van der Waals surface area contributed by atoms with Crippen molar-refractivity contribution in [3.8, 4) is 0 Å². The first kappa shape index (κ1) is 20.0. The number of hydrogen-bond donors (Lipinski definition) is 0. The van der Waals surface area contributed by atoms with Gasteiger partial charge in [-0.1, -0.05) is 23.7 Å². The molecule has 2 heterocycles. The van der Waals surface area contributed by atoms with Crippen molar-refractivity contribution in [1.29, 1.82) is 0 Å². The van der Waals surface area contributed by atoms with E-state index in [9.17, 15) is 9.59 Å². The average molecular weight is 414 g/mol. The van der Waals surface area contributed by atoms with Gasteiger partial charge in [0.1, 0.15) is 6.54 Å². The number of rotatable bonds is 4. The van der Waals surface area contributed by atoms with Crippen molar-refractivity contribution in [2.45, 2.75) is 51.7 Å². The molecule has 1 saturated carbocycles. The van der Waals surface area contributed by atoms with E-state index in [2.05, 4.69) is 16.8 Å². The van der Waals surface area contributed by atoms with Crippen LogP contribution in [0.1, 0.15) is 50.9 Å². The Hall–Kier alpha value is -2.27. The first-order valence-corrected chi connectivity index (χ1v) is 10.6. The van der Waals surface area contributed by atoms with Crippen molar-refractivity contribution >= 4 is 23.4 Å². The third-order valence-corrected chi connectivity index (χ3v) is 6.09. The highest BCUT2D eigenvalue weighted by Gasteiger charge is 2.40. The van der Waals surface area contributed by atoms with Gasteiger partial charge in [0.2, 0.25) is 11.8 Å². The molecule has 1 aromatic carbocycles. The van der Waals surface area contributed by atoms with Crippen molar-refractivity contribution < 1.29 is 9.59 Å². The van der Waals surface area contributed by atoms with Crippen LogP contribution in [0.3, 0.4) is 0 Å². The summed E-state index contributed by atoms with van der Waals surface area (Å²) in [7, 11) is 0. The van der Waals surface area contributed by atoms with Crippen LogP contribution in [0.25, 0.3) is 0 Å². The van der Waals surface area contributed by atoms with Crippen molar-refractivity contribution in [3.05, 3.63) is 58.9 Å². The lowest BCUT2D eigenvalue weighted by molar-refractivity contribution is -0.147. The third kappa shape index (κ3) is 4.06. The van der Waals surface area contributed by atoms with Crippen LogP contribution in [0.2, 0.25) is 5.02 Å². The van der Waals surface area contributed by atoms with E-state index in [0.29, 0.717) is 11.6 Å². The van der Waals surface area contributed by atoms with Gasteiger partial charge in [-0.25, -0.2) is 0 Å². The van der Waals surface area contributed by atoms with Crippen molar-refractivity contribution in [2.75, 3.05) is 13.1 Å². The number of amides is 2. The molecule has 0 radical (unpaired) electrons. The summed E-state index contributed by atoms with van der Waals surface area (Å²) in [6.45, 7) is 7.48. The minimum Gasteiger partial charge on any atom is -0.348 e. The number of halogens is 1. The van der Waals surface area contributed by atoms with Gasteiger partial charge in [0.05, 0.1) is 6.04 Å². The lowest BCUT2D eigenvalue weighted by Crippen LogP contribution is -2.53. The maximum atomic E-state index is 13.5. The average Bonchev–Trinajstić information content (AvgIpc) is 3.41. The molecule has 6 heteroatoms. The quantitative estimate of drug-likeness (QED) is 0.757. The van der Waals surface area contributed by atoms with E-state index in [0.717, 1.165) is 30.6 Å². The van der Waals surface area contributed by atoms with Crippen molar-refractivity contribution in [2.24, 2.45) is 5.92 Å². The Bertz CT molecular complexity index is 909. The molecule has 0 bridgehead atoms. The Morgan fingerprint density at radius 3 is 2.41 bits per heavy atom. The van der Waals surface area contributed by atoms with Crippen molar-refractivity contribution in [3.63, 3.8) is 0 Å². The summed E-state index contributed by atoms with van der Waals surface area (Å²) < 4.78 is 2.19. The molecule has 1 aromatic heterocycles. The summed E-state index contributed by atoms with van der Waals surface area (Å²) >= 11 is 6.09. The topological polar surface area (TPSA) is 45.6 Å². The SMILES string of the molecule is CC(C)(C)N(CC(=O)N1CCn2cccc2[C@@H]1c1ccc(Cl)cc1)C(=O)C1CC1. The minimum absolute atomic E-state index is 0.0127. The Balaban J connectivity index is 1.63. The molecular weight excluding hydrogens is 386 g/mol. The molecule has 2 amide bonds. The van der Waals surface area contributed by atoms with Crippen LogP contribution in [0.4, 0.5) is 0 Å². The lowest BCUT2D eigenvalue weighted by Gasteiger charge is -2.41. The Morgan fingerprint density at radius 2 is 1.79 bits per heavy atom. The normalized spacial score (nSPS) is 19.0. The van der Waals surface area contributed by atoms with E-state index in [-0.39, 0.29) is 35.9 Å². The summed E-state index contributed by atoms with van der Waals surface area (Å²) in [5.74, 6) is 0.184. The zero-order chi connectivity index (χ0) is 20.8. The van der Waals surface area contributed by atoms with Crippen LogP contribution in [0.15, 0.2) is 42.6 Å². The first-order chi connectivity index (χ1) is 13.8. The van der Waals surface area contributed by atoms with Crippen LogP contribution in [0, 0.1) is 5.92 Å². The third-order valence-electron chi connectivity index (χ3n) is 5.84. The molecule has 29 heavy (non-hydrogen) atoms. The standard InChI is InChI=1S/C23H28ClN3O2/c1-23(2,3)27(22(29)17-6-7-17)15-20(28)26-14-13-25-12-4-5-19(25)21(26)16-8-10-18(24)11-9-16/h4-5,8-12,17,21H,6-7,13-15H2,1-3H3/t21-/m0/s1. The van der Waals surface area contributed by atoms with Gasteiger partial charge in [0.25, 0.3) is 0 Å². The first-order valence-electron chi connectivity index (χ1n) is 10.3. The molecule has 1 aliphatic carbocycles. The largest absolute Gasteiger partial charge is 0.348 e. The second kappa shape index (κ2) is 7.52. The lowest BCUT2D eigenvalue weighted by atomic mass is 9.99. The number of fused-ring (bicyclic) bond motifs is 1. The fourth-order valence-electron chi connectivity index (χ4n) is 4.07. The van der Waals surface area contributed by atoms with Gasteiger partial charge in [-0.05, 0) is 63.4 Å². The highest BCUT2D eigenvalue weighted by Crippen LogP contribution is 2.35. The maximum absolute atomic E-state index is 13.5. The molecule has 0 N–H and O–H groups in total. The van der Waals surface area contributed by atoms with E-state index in [4.69, 9.17) is 11.6 Å². The number of nitrogens with zero attached hydrogens (tertiary/aromatic N) is 3. The van der Waals surface area contributed by atoms with Gasteiger partial charge < -0.3 is 14.4 Å². The monoisotopic (exact) mass is 413 g/mol. The number of hydrogen-bond acceptors (Lipinski definition) is 2. The van der Waals surface area contributed by atoms with Crippen LogP contribution < -0.4 is 0 Å². The van der Waals surface area contributed by atoms with Gasteiger partial charge >= 0.3 is 0 Å². The summed E-state index contributed by atoms with van der Waals surface area (Å²) in [4.78, 5) is 30.0. The van der Waals surface area contributed by atoms with E-state index in [1.807, 2.05) is 56.0 Å².